The molecule has 0 bridgehead atoms. The quantitative estimate of drug-likeness (QED) is 0.535. The Bertz CT molecular complexity index is 990. The SMILES string of the molecule is O=C(O)CC(Cc1nc(CCCc2ccc3c(n2)NCCC3)cs1)c1cccnc1. The van der Waals surface area contributed by atoms with E-state index >= 15 is 0 Å². The maximum Gasteiger partial charge on any atom is 0.303 e. The summed E-state index contributed by atoms with van der Waals surface area (Å²) in [6.45, 7) is 1.01. The molecule has 7 heteroatoms. The predicted octanol–water partition coefficient (Wildman–Crippen LogP) is 4.27. The van der Waals surface area contributed by atoms with E-state index in [2.05, 4.69) is 27.8 Å². The van der Waals surface area contributed by atoms with Gasteiger partial charge >= 0.3 is 5.97 Å². The van der Waals surface area contributed by atoms with E-state index < -0.39 is 5.97 Å². The Hall–Kier alpha value is -2.80. The fourth-order valence-electron chi connectivity index (χ4n) is 3.86. The minimum Gasteiger partial charge on any atom is -0.481 e. The molecular weight excluding hydrogens is 396 g/mol. The van der Waals surface area contributed by atoms with Crippen LogP contribution in [0.2, 0.25) is 0 Å². The summed E-state index contributed by atoms with van der Waals surface area (Å²) in [4.78, 5) is 24.9. The molecule has 1 unspecified atom stereocenters. The van der Waals surface area contributed by atoms with Gasteiger partial charge in [-0.15, -0.1) is 11.3 Å². The van der Waals surface area contributed by atoms with Crippen LogP contribution in [0.15, 0.2) is 42.0 Å². The van der Waals surface area contributed by atoms with Crippen LogP contribution in [0, 0.1) is 0 Å². The number of carbonyl (C=O) groups is 1. The summed E-state index contributed by atoms with van der Waals surface area (Å²) >= 11 is 1.61. The number of pyridine rings is 2. The van der Waals surface area contributed by atoms with Crippen LogP contribution < -0.4 is 5.32 Å². The van der Waals surface area contributed by atoms with E-state index in [-0.39, 0.29) is 12.3 Å². The van der Waals surface area contributed by atoms with Gasteiger partial charge in [-0.2, -0.15) is 0 Å². The summed E-state index contributed by atoms with van der Waals surface area (Å²) in [6, 6.07) is 8.13. The molecule has 1 atom stereocenters. The van der Waals surface area contributed by atoms with E-state index in [4.69, 9.17) is 9.97 Å². The Balaban J connectivity index is 1.33. The standard InChI is InChI=1S/C23H26N4O2S/c28-22(29)13-18(17-5-2-10-24-14-17)12-21-26-20(15-30-21)7-1-6-19-9-8-16-4-3-11-25-23(16)27-19/h2,5,8-10,14-15,18H,1,3-4,6-7,11-13H2,(H,25,27)(H,28,29). The molecule has 156 valence electrons. The molecule has 0 saturated carbocycles. The molecule has 3 aromatic heterocycles. The molecule has 1 aliphatic rings. The molecule has 0 radical (unpaired) electrons. The number of fused-ring (bicyclic) bond motifs is 1. The Kier molecular flexibility index (Phi) is 6.69. The normalized spacial score (nSPS) is 14.0. The Morgan fingerprint density at radius 3 is 2.93 bits per heavy atom. The van der Waals surface area contributed by atoms with Crippen LogP contribution in [-0.2, 0) is 30.5 Å². The van der Waals surface area contributed by atoms with Crippen molar-refractivity contribution in [1.82, 2.24) is 15.0 Å². The highest BCUT2D eigenvalue weighted by molar-refractivity contribution is 7.09. The van der Waals surface area contributed by atoms with E-state index in [0.717, 1.165) is 60.0 Å². The number of aryl methyl sites for hydroxylation is 3. The van der Waals surface area contributed by atoms with Crippen molar-refractivity contribution in [2.75, 3.05) is 11.9 Å². The molecule has 0 spiro atoms. The highest BCUT2D eigenvalue weighted by Crippen LogP contribution is 2.26. The maximum absolute atomic E-state index is 11.3. The lowest BCUT2D eigenvalue weighted by Gasteiger charge is -2.17. The summed E-state index contributed by atoms with van der Waals surface area (Å²) < 4.78 is 0. The summed E-state index contributed by atoms with van der Waals surface area (Å²) in [5, 5.41) is 15.7. The fourth-order valence-corrected chi connectivity index (χ4v) is 4.77. The van der Waals surface area contributed by atoms with Gasteiger partial charge in [0, 0.05) is 42.4 Å². The molecule has 6 nitrogen and oxygen atoms in total. The molecule has 2 N–H and O–H groups in total. The number of nitrogens with one attached hydrogen (secondary N) is 1. The molecule has 0 aliphatic carbocycles. The predicted molar refractivity (Wildman–Crippen MR) is 118 cm³/mol. The Morgan fingerprint density at radius 1 is 1.20 bits per heavy atom. The number of carboxylic acid groups (broad SMARTS) is 1. The van der Waals surface area contributed by atoms with Crippen LogP contribution in [0.3, 0.4) is 0 Å². The van der Waals surface area contributed by atoms with Crippen molar-refractivity contribution in [3.63, 3.8) is 0 Å². The third-order valence-corrected chi connectivity index (χ3v) is 6.33. The van der Waals surface area contributed by atoms with Crippen molar-refractivity contribution in [2.24, 2.45) is 0 Å². The number of thiazole rings is 1. The Morgan fingerprint density at radius 2 is 2.10 bits per heavy atom. The van der Waals surface area contributed by atoms with E-state index in [1.54, 1.807) is 23.7 Å². The second kappa shape index (κ2) is 9.80. The van der Waals surface area contributed by atoms with Crippen LogP contribution in [0.25, 0.3) is 0 Å². The van der Waals surface area contributed by atoms with Crippen molar-refractivity contribution < 1.29 is 9.90 Å². The van der Waals surface area contributed by atoms with Crippen molar-refractivity contribution in [3.8, 4) is 0 Å². The molecule has 4 rings (SSSR count). The number of nitrogens with zero attached hydrogens (tertiary/aromatic N) is 3. The van der Waals surface area contributed by atoms with Gasteiger partial charge in [-0.25, -0.2) is 9.97 Å². The first-order chi connectivity index (χ1) is 14.7. The number of rotatable bonds is 9. The average Bonchev–Trinajstić information content (AvgIpc) is 3.21. The number of hydrogen-bond acceptors (Lipinski definition) is 6. The summed E-state index contributed by atoms with van der Waals surface area (Å²) in [6.07, 6.45) is 9.28. The van der Waals surface area contributed by atoms with E-state index in [1.807, 2.05) is 12.1 Å². The fraction of sp³-hybridized carbons (Fsp3) is 0.391. The first kappa shape index (κ1) is 20.5. The second-order valence-corrected chi connectivity index (χ2v) is 8.65. The van der Waals surface area contributed by atoms with Crippen LogP contribution in [0.1, 0.15) is 52.7 Å². The molecule has 0 fully saturated rings. The van der Waals surface area contributed by atoms with Crippen LogP contribution in [-0.4, -0.2) is 32.6 Å². The van der Waals surface area contributed by atoms with Gasteiger partial charge in [-0.3, -0.25) is 9.78 Å². The van der Waals surface area contributed by atoms with Crippen LogP contribution in [0.4, 0.5) is 5.82 Å². The number of hydrogen-bond donors (Lipinski definition) is 2. The van der Waals surface area contributed by atoms with Gasteiger partial charge in [0.1, 0.15) is 5.82 Å². The lowest BCUT2D eigenvalue weighted by Crippen LogP contribution is -2.14. The third-order valence-electron chi connectivity index (χ3n) is 5.41. The molecule has 4 heterocycles. The molecule has 0 aromatic carbocycles. The van der Waals surface area contributed by atoms with Gasteiger partial charge in [0.25, 0.3) is 0 Å². The third kappa shape index (κ3) is 5.42. The average molecular weight is 423 g/mol. The first-order valence-electron chi connectivity index (χ1n) is 10.4. The largest absolute Gasteiger partial charge is 0.481 e. The van der Waals surface area contributed by atoms with Gasteiger partial charge in [0.15, 0.2) is 0 Å². The zero-order valence-electron chi connectivity index (χ0n) is 16.9. The summed E-state index contributed by atoms with van der Waals surface area (Å²) in [5.74, 6) is 0.143. The van der Waals surface area contributed by atoms with Gasteiger partial charge in [-0.1, -0.05) is 12.1 Å². The van der Waals surface area contributed by atoms with Crippen molar-refractivity contribution in [2.45, 2.75) is 50.9 Å². The zero-order chi connectivity index (χ0) is 20.8. The Labute approximate surface area is 180 Å². The van der Waals surface area contributed by atoms with Gasteiger partial charge < -0.3 is 10.4 Å². The lowest BCUT2D eigenvalue weighted by atomic mass is 9.94. The second-order valence-electron chi connectivity index (χ2n) is 7.71. The highest BCUT2D eigenvalue weighted by Gasteiger charge is 2.18. The smallest absolute Gasteiger partial charge is 0.303 e. The minimum atomic E-state index is -0.798. The van der Waals surface area contributed by atoms with Gasteiger partial charge in [-0.05, 0) is 55.4 Å². The van der Waals surface area contributed by atoms with Crippen LogP contribution >= 0.6 is 11.3 Å². The van der Waals surface area contributed by atoms with Crippen molar-refractivity contribution in [3.05, 3.63) is 69.6 Å². The molecule has 0 saturated heterocycles. The van der Waals surface area contributed by atoms with Crippen molar-refractivity contribution in [1.29, 1.82) is 0 Å². The highest BCUT2D eigenvalue weighted by atomic mass is 32.1. The van der Waals surface area contributed by atoms with E-state index in [1.165, 1.54) is 12.0 Å². The van der Waals surface area contributed by atoms with E-state index in [9.17, 15) is 9.90 Å². The monoisotopic (exact) mass is 422 g/mol. The summed E-state index contributed by atoms with van der Waals surface area (Å²) in [5.41, 5.74) is 4.46. The summed E-state index contributed by atoms with van der Waals surface area (Å²) in [7, 11) is 0. The molecular formula is C23H26N4O2S. The molecule has 30 heavy (non-hydrogen) atoms. The molecule has 3 aromatic rings. The van der Waals surface area contributed by atoms with Gasteiger partial charge in [0.2, 0.25) is 0 Å². The van der Waals surface area contributed by atoms with Gasteiger partial charge in [0.05, 0.1) is 17.1 Å². The van der Waals surface area contributed by atoms with E-state index in [0.29, 0.717) is 6.42 Å². The number of aromatic nitrogens is 3. The maximum atomic E-state index is 11.3. The minimum absolute atomic E-state index is 0.0820. The number of carboxylic acids is 1. The number of anilines is 1. The van der Waals surface area contributed by atoms with Crippen molar-refractivity contribution >= 4 is 23.1 Å². The molecule has 0 amide bonds. The lowest BCUT2D eigenvalue weighted by molar-refractivity contribution is -0.137. The topological polar surface area (TPSA) is 88.0 Å². The number of aliphatic carboxylic acids is 1. The zero-order valence-corrected chi connectivity index (χ0v) is 17.7. The first-order valence-corrected chi connectivity index (χ1v) is 11.3. The van der Waals surface area contributed by atoms with Crippen LogP contribution in [0.5, 0.6) is 0 Å². The molecule has 1 aliphatic heterocycles.